The van der Waals surface area contributed by atoms with Crippen LogP contribution in [0.1, 0.15) is 44.9 Å². The first-order valence-corrected chi connectivity index (χ1v) is 10.0. The number of carbonyl (C=O) groups is 1. The van der Waals surface area contributed by atoms with Gasteiger partial charge >= 0.3 is 0 Å². The summed E-state index contributed by atoms with van der Waals surface area (Å²) >= 11 is 3.52. The van der Waals surface area contributed by atoms with E-state index in [-0.39, 0.29) is 11.8 Å². The van der Waals surface area contributed by atoms with Gasteiger partial charge in [0.2, 0.25) is 5.91 Å². The SMILES string of the molecule is NC1C2CCCC1CC(C(=O)Nc1cc(Br)ccc1NC1CC1)C2. The van der Waals surface area contributed by atoms with Gasteiger partial charge in [-0.3, -0.25) is 4.79 Å². The predicted octanol–water partition coefficient (Wildman–Crippen LogP) is 4.12. The minimum absolute atomic E-state index is 0.104. The first kappa shape index (κ1) is 16.4. The van der Waals surface area contributed by atoms with Gasteiger partial charge in [0.1, 0.15) is 0 Å². The maximum atomic E-state index is 12.9. The molecule has 3 aliphatic carbocycles. The average molecular weight is 392 g/mol. The Bertz CT molecular complexity index is 617. The Morgan fingerprint density at radius 3 is 2.46 bits per heavy atom. The Morgan fingerprint density at radius 2 is 1.79 bits per heavy atom. The molecule has 0 aliphatic heterocycles. The molecule has 3 fully saturated rings. The Balaban J connectivity index is 1.47. The lowest BCUT2D eigenvalue weighted by Gasteiger charge is -2.43. The number of nitrogens with two attached hydrogens (primary N) is 1. The average Bonchev–Trinajstić information content (AvgIpc) is 3.33. The van der Waals surface area contributed by atoms with Gasteiger partial charge in [-0.05, 0) is 68.6 Å². The van der Waals surface area contributed by atoms with Crippen LogP contribution in [0.2, 0.25) is 0 Å². The largest absolute Gasteiger partial charge is 0.381 e. The number of hydrogen-bond acceptors (Lipinski definition) is 3. The van der Waals surface area contributed by atoms with Crippen LogP contribution in [-0.2, 0) is 4.79 Å². The van der Waals surface area contributed by atoms with Crippen molar-refractivity contribution in [2.45, 2.75) is 57.0 Å². The molecule has 1 aromatic rings. The molecule has 4 nitrogen and oxygen atoms in total. The van der Waals surface area contributed by atoms with Crippen molar-refractivity contribution in [2.24, 2.45) is 23.5 Å². The quantitative estimate of drug-likeness (QED) is 0.722. The van der Waals surface area contributed by atoms with E-state index in [1.165, 1.54) is 32.1 Å². The molecule has 2 bridgehead atoms. The van der Waals surface area contributed by atoms with E-state index in [2.05, 4.69) is 26.6 Å². The van der Waals surface area contributed by atoms with Gasteiger partial charge in [0.05, 0.1) is 11.4 Å². The lowest BCUT2D eigenvalue weighted by atomic mass is 9.65. The van der Waals surface area contributed by atoms with E-state index in [0.717, 1.165) is 28.7 Å². The molecule has 0 spiro atoms. The van der Waals surface area contributed by atoms with Crippen LogP contribution in [0.3, 0.4) is 0 Å². The predicted molar refractivity (Wildman–Crippen MR) is 101 cm³/mol. The smallest absolute Gasteiger partial charge is 0.227 e. The van der Waals surface area contributed by atoms with Crippen LogP contribution in [0, 0.1) is 17.8 Å². The van der Waals surface area contributed by atoms with E-state index < -0.39 is 0 Å². The van der Waals surface area contributed by atoms with Crippen molar-refractivity contribution in [3.05, 3.63) is 22.7 Å². The van der Waals surface area contributed by atoms with Crippen molar-refractivity contribution in [1.82, 2.24) is 0 Å². The van der Waals surface area contributed by atoms with Gasteiger partial charge in [0, 0.05) is 22.5 Å². The third-order valence-electron chi connectivity index (χ3n) is 5.96. The fourth-order valence-corrected chi connectivity index (χ4v) is 4.79. The summed E-state index contributed by atoms with van der Waals surface area (Å²) < 4.78 is 0.988. The van der Waals surface area contributed by atoms with Crippen LogP contribution >= 0.6 is 15.9 Å². The van der Waals surface area contributed by atoms with Gasteiger partial charge in [0.25, 0.3) is 0 Å². The Labute approximate surface area is 152 Å². The lowest BCUT2D eigenvalue weighted by Crippen LogP contribution is -2.48. The van der Waals surface area contributed by atoms with Gasteiger partial charge < -0.3 is 16.4 Å². The first-order valence-electron chi connectivity index (χ1n) is 9.22. The fraction of sp³-hybridized carbons (Fsp3) is 0.632. The third-order valence-corrected chi connectivity index (χ3v) is 6.45. The molecule has 1 aromatic carbocycles. The molecular weight excluding hydrogens is 366 g/mol. The Kier molecular flexibility index (Phi) is 4.56. The number of halogens is 1. The molecule has 0 saturated heterocycles. The fourth-order valence-electron chi connectivity index (χ4n) is 4.43. The highest BCUT2D eigenvalue weighted by Crippen LogP contribution is 2.42. The minimum Gasteiger partial charge on any atom is -0.381 e. The topological polar surface area (TPSA) is 67.2 Å². The summed E-state index contributed by atoms with van der Waals surface area (Å²) in [6.07, 6.45) is 7.98. The zero-order valence-corrected chi connectivity index (χ0v) is 15.5. The van der Waals surface area contributed by atoms with E-state index in [9.17, 15) is 4.79 Å². The van der Waals surface area contributed by atoms with E-state index in [4.69, 9.17) is 5.73 Å². The molecule has 130 valence electrons. The zero-order valence-electron chi connectivity index (χ0n) is 13.9. The molecule has 3 aliphatic rings. The number of hydrogen-bond donors (Lipinski definition) is 3. The standard InChI is InChI=1S/C19H26BrN3O/c20-14-4-7-16(22-15-5-6-15)17(10-14)23-19(24)13-8-11-2-1-3-12(9-13)18(11)21/h4,7,10-13,15,18,22H,1-3,5-6,8-9,21H2,(H,23,24). The number of benzene rings is 1. The maximum Gasteiger partial charge on any atom is 0.227 e. The number of anilines is 2. The summed E-state index contributed by atoms with van der Waals surface area (Å²) in [5.74, 6) is 1.32. The molecule has 2 unspecified atom stereocenters. The lowest BCUT2D eigenvalue weighted by molar-refractivity contribution is -0.122. The summed E-state index contributed by atoms with van der Waals surface area (Å²) in [5, 5.41) is 6.70. The van der Waals surface area contributed by atoms with Gasteiger partial charge in [-0.2, -0.15) is 0 Å². The molecule has 24 heavy (non-hydrogen) atoms. The molecule has 3 saturated carbocycles. The van der Waals surface area contributed by atoms with Crippen LogP contribution in [0.5, 0.6) is 0 Å². The number of fused-ring (bicyclic) bond motifs is 2. The molecular formula is C19H26BrN3O. The van der Waals surface area contributed by atoms with Crippen LogP contribution < -0.4 is 16.4 Å². The van der Waals surface area contributed by atoms with Gasteiger partial charge in [-0.25, -0.2) is 0 Å². The van der Waals surface area contributed by atoms with Crippen LogP contribution in [0.4, 0.5) is 11.4 Å². The summed E-state index contributed by atoms with van der Waals surface area (Å²) in [6.45, 7) is 0. The maximum absolute atomic E-state index is 12.9. The minimum atomic E-state index is 0.104. The summed E-state index contributed by atoms with van der Waals surface area (Å²) in [7, 11) is 0. The van der Waals surface area contributed by atoms with Gasteiger partial charge in [0.15, 0.2) is 0 Å². The number of amides is 1. The third kappa shape index (κ3) is 3.47. The van der Waals surface area contributed by atoms with E-state index in [1.807, 2.05) is 18.2 Å². The van der Waals surface area contributed by atoms with Crippen molar-refractivity contribution in [1.29, 1.82) is 0 Å². The summed E-state index contributed by atoms with van der Waals surface area (Å²) in [4.78, 5) is 12.9. The highest BCUT2D eigenvalue weighted by atomic mass is 79.9. The molecule has 4 rings (SSSR count). The molecule has 0 heterocycles. The van der Waals surface area contributed by atoms with Crippen molar-refractivity contribution < 1.29 is 4.79 Å². The summed E-state index contributed by atoms with van der Waals surface area (Å²) in [5.41, 5.74) is 8.28. The Hall–Kier alpha value is -1.07. The highest BCUT2D eigenvalue weighted by molar-refractivity contribution is 9.10. The van der Waals surface area contributed by atoms with Crippen molar-refractivity contribution >= 4 is 33.2 Å². The van der Waals surface area contributed by atoms with E-state index >= 15 is 0 Å². The summed E-state index contributed by atoms with van der Waals surface area (Å²) in [6, 6.07) is 6.93. The van der Waals surface area contributed by atoms with Crippen LogP contribution in [-0.4, -0.2) is 18.0 Å². The van der Waals surface area contributed by atoms with E-state index in [1.54, 1.807) is 0 Å². The number of nitrogens with one attached hydrogen (secondary N) is 2. The van der Waals surface area contributed by atoms with Gasteiger partial charge in [-0.1, -0.05) is 22.4 Å². The normalized spacial score (nSPS) is 32.2. The van der Waals surface area contributed by atoms with Crippen LogP contribution in [0.15, 0.2) is 22.7 Å². The first-order chi connectivity index (χ1) is 11.6. The van der Waals surface area contributed by atoms with Crippen LogP contribution in [0.25, 0.3) is 0 Å². The second kappa shape index (κ2) is 6.68. The molecule has 0 aromatic heterocycles. The second-order valence-electron chi connectivity index (χ2n) is 7.79. The second-order valence-corrected chi connectivity index (χ2v) is 8.71. The molecule has 1 amide bonds. The molecule has 0 radical (unpaired) electrons. The number of carbonyl (C=O) groups excluding carboxylic acids is 1. The van der Waals surface area contributed by atoms with E-state index in [0.29, 0.717) is 23.9 Å². The monoisotopic (exact) mass is 391 g/mol. The van der Waals surface area contributed by atoms with Crippen molar-refractivity contribution in [3.63, 3.8) is 0 Å². The Morgan fingerprint density at radius 1 is 1.08 bits per heavy atom. The molecule has 2 atom stereocenters. The number of rotatable bonds is 4. The molecule has 5 heteroatoms. The molecule has 4 N–H and O–H groups in total. The van der Waals surface area contributed by atoms with Crippen molar-refractivity contribution in [3.8, 4) is 0 Å². The van der Waals surface area contributed by atoms with Gasteiger partial charge in [-0.15, -0.1) is 0 Å². The zero-order chi connectivity index (χ0) is 16.7. The highest BCUT2D eigenvalue weighted by Gasteiger charge is 2.40. The van der Waals surface area contributed by atoms with Crippen molar-refractivity contribution in [2.75, 3.05) is 10.6 Å².